The molecule has 0 fully saturated rings. The van der Waals surface area contributed by atoms with Crippen molar-refractivity contribution in [1.82, 2.24) is 28.2 Å². The van der Waals surface area contributed by atoms with Crippen LogP contribution in [-0.4, -0.2) is 34.9 Å². The third kappa shape index (κ3) is 10.2. The van der Waals surface area contributed by atoms with Gasteiger partial charge in [0, 0.05) is 101 Å². The predicted molar refractivity (Wildman–Crippen MR) is 506 cm³/mol. The largest absolute Gasteiger partial charge is 0.349 e. The van der Waals surface area contributed by atoms with Crippen LogP contribution in [0.3, 0.4) is 0 Å². The lowest BCUT2D eigenvalue weighted by Gasteiger charge is -2.46. The number of aromatic nitrogens is 6. The van der Waals surface area contributed by atoms with Crippen molar-refractivity contribution in [2.75, 3.05) is 16.5 Å². The van der Waals surface area contributed by atoms with Crippen molar-refractivity contribution in [3.05, 3.63) is 412 Å². The fourth-order valence-corrected chi connectivity index (χ4v) is 20.8. The lowest BCUT2D eigenvalue weighted by molar-refractivity contribution is 0.657. The summed E-state index contributed by atoms with van der Waals surface area (Å²) < 4.78 is 9.57. The number of hydrogen-bond acceptors (Lipinski definition) is 4. The standard InChI is InChI=1S/C113H72N8/c1-7-31-94-84(21-1)86-23-3-11-35-98(86)110-106(94)114-112(120(110)82-61-53-72(54-62-82)70-49-57-80(58-50-70)118-102-37-17-13-27-90(102)91-28-14-18-38-103(91)118)76-45-41-74(42-46-76)100-65-78-67-116-69-117(108(78)96-33-9-5-25-88(96)100)68-79-66-101(89-26-6-10-34-97(89)109(79)116)75-43-47-77(48-44-75)113-115-107-95-32-8-2-22-85(95)87-24-4-12-36-99(87)111(107)121(113)83-63-55-73(56-64-83)71-51-59-81(60-52-71)119-104-39-19-15-29-92(104)93-30-16-20-40-105(93)119/h1-66H,67-69H2. The summed E-state index contributed by atoms with van der Waals surface area (Å²) in [6.07, 6.45) is 0. The highest BCUT2D eigenvalue weighted by Gasteiger charge is 2.34. The molecular weight excluding hydrogens is 1470 g/mol. The highest BCUT2D eigenvalue weighted by molar-refractivity contribution is 6.26. The zero-order chi connectivity index (χ0) is 79.1. The summed E-state index contributed by atoms with van der Waals surface area (Å²) in [6.45, 7) is 2.35. The van der Waals surface area contributed by atoms with Crippen molar-refractivity contribution >= 4 is 142 Å². The van der Waals surface area contributed by atoms with Crippen LogP contribution in [0.5, 0.6) is 0 Å². The first-order valence-corrected chi connectivity index (χ1v) is 41.9. The Hall–Kier alpha value is -15.9. The van der Waals surface area contributed by atoms with Gasteiger partial charge in [0.1, 0.15) is 11.6 Å². The minimum Gasteiger partial charge on any atom is -0.349 e. The third-order valence-electron chi connectivity index (χ3n) is 26.2. The predicted octanol–water partition coefficient (Wildman–Crippen LogP) is 28.8. The quantitative estimate of drug-likeness (QED) is 0.128. The maximum absolute atomic E-state index is 5.72. The molecule has 564 valence electrons. The van der Waals surface area contributed by atoms with Crippen LogP contribution >= 0.6 is 0 Å². The molecule has 0 N–H and O–H groups in total. The zero-order valence-corrected chi connectivity index (χ0v) is 65.8. The number of anilines is 2. The van der Waals surface area contributed by atoms with E-state index in [4.69, 9.17) is 9.97 Å². The Labute approximate surface area is 696 Å². The molecular formula is C113H72N8. The SMILES string of the molecule is c1ccc2c3c(cc(-c4ccc(-c5nc6c7ccccc7c7ccccc7c6n5-c5ccc(-c6ccc(-n7c8ccccc8c8ccccc87)cc6)cc5)cc4)c2c1)CN1CN3Cc2cc(-c3ccc(-c4nc5c6ccccc6c6ccccc6c5n4-c4ccc(-c5ccc(-n6c7ccccc7c7ccccc76)cc5)cc4)cc3)c3ccccc3c21. The number of nitrogens with zero attached hydrogens (tertiary/aromatic N) is 8. The fraction of sp³-hybridized carbons (Fsp3) is 0.0265. The molecule has 8 heteroatoms. The van der Waals surface area contributed by atoms with Crippen molar-refractivity contribution in [3.63, 3.8) is 0 Å². The normalized spacial score (nSPS) is 12.8. The maximum Gasteiger partial charge on any atom is 0.145 e. The molecule has 20 aromatic carbocycles. The molecule has 2 aliphatic rings. The van der Waals surface area contributed by atoms with Crippen LogP contribution in [-0.2, 0) is 13.1 Å². The minimum absolute atomic E-state index is 0.775. The van der Waals surface area contributed by atoms with Crippen molar-refractivity contribution in [2.24, 2.45) is 0 Å². The molecule has 0 saturated carbocycles. The van der Waals surface area contributed by atoms with E-state index in [-0.39, 0.29) is 0 Å². The average Bonchev–Trinajstić information content (AvgIpc) is 1.50. The van der Waals surface area contributed by atoms with E-state index >= 15 is 0 Å². The van der Waals surface area contributed by atoms with Gasteiger partial charge in [0.25, 0.3) is 0 Å². The first kappa shape index (κ1) is 67.3. The molecule has 0 amide bonds. The van der Waals surface area contributed by atoms with E-state index < -0.39 is 0 Å². The van der Waals surface area contributed by atoms with E-state index in [0.717, 1.165) is 120 Å². The number of imidazole rings is 2. The summed E-state index contributed by atoms with van der Waals surface area (Å²) in [5, 5.41) is 19.5. The molecule has 0 aliphatic carbocycles. The van der Waals surface area contributed by atoms with Gasteiger partial charge in [-0.2, -0.15) is 0 Å². The summed E-state index contributed by atoms with van der Waals surface area (Å²) in [5.41, 5.74) is 30.1. The highest BCUT2D eigenvalue weighted by atomic mass is 15.4. The highest BCUT2D eigenvalue weighted by Crippen LogP contribution is 2.51. The van der Waals surface area contributed by atoms with Gasteiger partial charge in [-0.1, -0.05) is 315 Å². The van der Waals surface area contributed by atoms with Gasteiger partial charge in [-0.25, -0.2) is 9.97 Å². The van der Waals surface area contributed by atoms with Crippen LogP contribution < -0.4 is 9.80 Å². The molecule has 0 spiro atoms. The smallest absolute Gasteiger partial charge is 0.145 e. The van der Waals surface area contributed by atoms with Gasteiger partial charge in [0.05, 0.1) is 62.2 Å². The first-order chi connectivity index (χ1) is 60.0. The lowest BCUT2D eigenvalue weighted by atomic mass is 9.88. The molecule has 2 aliphatic heterocycles. The summed E-state index contributed by atoms with van der Waals surface area (Å²) in [5.74, 6) is 1.80. The Morgan fingerprint density at radius 2 is 0.430 bits per heavy atom. The number of fused-ring (bicyclic) bond motifs is 28. The van der Waals surface area contributed by atoms with Crippen LogP contribution in [0.15, 0.2) is 400 Å². The maximum atomic E-state index is 5.72. The summed E-state index contributed by atoms with van der Waals surface area (Å²) >= 11 is 0. The van der Waals surface area contributed by atoms with E-state index in [0.29, 0.717) is 0 Å². The van der Waals surface area contributed by atoms with Crippen LogP contribution in [0.4, 0.5) is 11.4 Å². The number of rotatable bonds is 10. The van der Waals surface area contributed by atoms with E-state index in [1.807, 2.05) is 0 Å². The second kappa shape index (κ2) is 26.3. The van der Waals surface area contributed by atoms with Crippen LogP contribution in [0, 0.1) is 0 Å². The van der Waals surface area contributed by atoms with Gasteiger partial charge in [-0.3, -0.25) is 9.13 Å². The monoisotopic (exact) mass is 1540 g/mol. The number of para-hydroxylation sites is 4. The average molecular weight is 1540 g/mol. The summed E-state index contributed by atoms with van der Waals surface area (Å²) in [4.78, 5) is 16.7. The van der Waals surface area contributed by atoms with E-state index in [1.165, 1.54) is 142 Å². The van der Waals surface area contributed by atoms with Gasteiger partial charge in [0.15, 0.2) is 0 Å². The third-order valence-corrected chi connectivity index (χ3v) is 26.2. The van der Waals surface area contributed by atoms with E-state index in [1.54, 1.807) is 0 Å². The Morgan fingerprint density at radius 1 is 0.190 bits per heavy atom. The molecule has 121 heavy (non-hydrogen) atoms. The molecule has 2 bridgehead atoms. The Kier molecular flexibility index (Phi) is 14.6. The molecule has 0 saturated heterocycles. The lowest BCUT2D eigenvalue weighted by Crippen LogP contribution is -2.46. The van der Waals surface area contributed by atoms with Gasteiger partial charge < -0.3 is 18.9 Å². The molecule has 26 rings (SSSR count). The molecule has 24 aromatic rings. The van der Waals surface area contributed by atoms with Crippen molar-refractivity contribution < 1.29 is 0 Å². The first-order valence-electron chi connectivity index (χ1n) is 41.9. The number of benzene rings is 20. The Morgan fingerprint density at radius 3 is 0.752 bits per heavy atom. The van der Waals surface area contributed by atoms with Crippen LogP contribution in [0.25, 0.3) is 220 Å². The minimum atomic E-state index is 0.775. The zero-order valence-electron chi connectivity index (χ0n) is 65.8. The topological polar surface area (TPSA) is 52.0 Å². The van der Waals surface area contributed by atoms with E-state index in [2.05, 4.69) is 428 Å². The van der Waals surface area contributed by atoms with Gasteiger partial charge >= 0.3 is 0 Å². The van der Waals surface area contributed by atoms with Gasteiger partial charge in [0.2, 0.25) is 0 Å². The van der Waals surface area contributed by atoms with Crippen molar-refractivity contribution in [2.45, 2.75) is 13.1 Å². The Bertz CT molecular complexity index is 7850. The van der Waals surface area contributed by atoms with Crippen LogP contribution in [0.2, 0.25) is 0 Å². The van der Waals surface area contributed by atoms with Crippen molar-refractivity contribution in [1.29, 1.82) is 0 Å². The van der Waals surface area contributed by atoms with Gasteiger partial charge in [-0.05, 0) is 173 Å². The van der Waals surface area contributed by atoms with Crippen molar-refractivity contribution in [3.8, 4) is 90.0 Å². The molecule has 0 atom stereocenters. The molecule has 8 nitrogen and oxygen atoms in total. The molecule has 0 radical (unpaired) electrons. The van der Waals surface area contributed by atoms with E-state index in [9.17, 15) is 0 Å². The summed E-state index contributed by atoms with van der Waals surface area (Å²) in [7, 11) is 0. The second-order valence-electron chi connectivity index (χ2n) is 32.7. The van der Waals surface area contributed by atoms with Gasteiger partial charge in [-0.15, -0.1) is 0 Å². The Balaban J connectivity index is 0.532. The number of hydrogen-bond donors (Lipinski definition) is 0. The molecule has 6 heterocycles. The van der Waals surface area contributed by atoms with Crippen LogP contribution in [0.1, 0.15) is 11.1 Å². The fourth-order valence-electron chi connectivity index (χ4n) is 20.8. The molecule has 0 unspecified atom stereocenters. The second-order valence-corrected chi connectivity index (χ2v) is 32.7. The molecule has 4 aromatic heterocycles. The summed E-state index contributed by atoms with van der Waals surface area (Å²) in [6, 6.07) is 148.